The molecule has 2 aromatic carbocycles. The summed E-state index contributed by atoms with van der Waals surface area (Å²) in [4.78, 5) is 0. The number of hydrogen-bond donors (Lipinski definition) is 0. The van der Waals surface area contributed by atoms with Crippen LogP contribution in [0, 0.1) is 17.8 Å². The summed E-state index contributed by atoms with van der Waals surface area (Å²) in [6.07, 6.45) is 12.3. The molecule has 0 unspecified atom stereocenters. The van der Waals surface area contributed by atoms with Crippen LogP contribution in [0.25, 0.3) is 0 Å². The standard InChI is InChI=1S/C31H40F4O2/c1-2-3-22-4-6-23(7-5-22)8-9-24-10-12-25(13-11-24)26-14-16-27(17-15-26)31(34,35)37-29-20-18-28(19-21-29)36-30(32)33/h14-25,30H,2-13H2,1H3/t22-,23-,24-,25-. The molecule has 0 heterocycles. The van der Waals surface area contributed by atoms with Crippen molar-refractivity contribution in [2.45, 2.75) is 103 Å². The van der Waals surface area contributed by atoms with Crippen molar-refractivity contribution in [2.24, 2.45) is 17.8 Å². The van der Waals surface area contributed by atoms with Gasteiger partial charge in [0.05, 0.1) is 5.56 Å². The fraction of sp³-hybridized carbons (Fsp3) is 0.613. The number of halogens is 4. The summed E-state index contributed by atoms with van der Waals surface area (Å²) >= 11 is 0. The summed E-state index contributed by atoms with van der Waals surface area (Å²) < 4.78 is 63.0. The van der Waals surface area contributed by atoms with Crippen molar-refractivity contribution in [3.8, 4) is 11.5 Å². The Hall–Kier alpha value is -2.24. The topological polar surface area (TPSA) is 18.5 Å². The number of alkyl halides is 4. The van der Waals surface area contributed by atoms with Crippen molar-refractivity contribution in [1.29, 1.82) is 0 Å². The zero-order chi connectivity index (χ0) is 26.3. The summed E-state index contributed by atoms with van der Waals surface area (Å²) in [6.45, 7) is -0.677. The largest absolute Gasteiger partial charge is 0.435 e. The molecule has 0 bridgehead atoms. The van der Waals surface area contributed by atoms with E-state index in [0.29, 0.717) is 5.92 Å². The van der Waals surface area contributed by atoms with E-state index in [-0.39, 0.29) is 17.1 Å². The number of ether oxygens (including phenoxy) is 2. The van der Waals surface area contributed by atoms with Gasteiger partial charge in [-0.15, -0.1) is 0 Å². The molecule has 0 N–H and O–H groups in total. The lowest BCUT2D eigenvalue weighted by atomic mass is 9.74. The third-order valence-corrected chi connectivity index (χ3v) is 8.51. The van der Waals surface area contributed by atoms with Crippen LogP contribution in [0.4, 0.5) is 17.6 Å². The van der Waals surface area contributed by atoms with Crippen molar-refractivity contribution < 1.29 is 27.0 Å². The molecular formula is C31H40F4O2. The van der Waals surface area contributed by atoms with Gasteiger partial charge in [-0.1, -0.05) is 70.4 Å². The van der Waals surface area contributed by atoms with Crippen LogP contribution in [0.1, 0.15) is 101 Å². The molecule has 2 saturated carbocycles. The highest BCUT2D eigenvalue weighted by atomic mass is 19.3. The lowest BCUT2D eigenvalue weighted by molar-refractivity contribution is -0.185. The van der Waals surface area contributed by atoms with Crippen molar-refractivity contribution in [3.05, 3.63) is 59.7 Å². The molecule has 0 radical (unpaired) electrons. The van der Waals surface area contributed by atoms with E-state index in [0.717, 1.165) is 36.2 Å². The van der Waals surface area contributed by atoms with Gasteiger partial charge in [0.1, 0.15) is 11.5 Å². The molecule has 6 heteroatoms. The van der Waals surface area contributed by atoms with Gasteiger partial charge in [0.25, 0.3) is 0 Å². The lowest BCUT2D eigenvalue weighted by Gasteiger charge is -2.32. The molecule has 2 aromatic rings. The van der Waals surface area contributed by atoms with E-state index in [4.69, 9.17) is 4.74 Å². The molecule has 4 rings (SSSR count). The molecule has 0 saturated heterocycles. The molecule has 2 aliphatic rings. The molecule has 2 aliphatic carbocycles. The van der Waals surface area contributed by atoms with Crippen LogP contribution in [0.3, 0.4) is 0 Å². The van der Waals surface area contributed by atoms with Crippen molar-refractivity contribution in [2.75, 3.05) is 0 Å². The number of rotatable bonds is 11. The summed E-state index contributed by atoms with van der Waals surface area (Å²) in [5.74, 6) is 2.88. The van der Waals surface area contributed by atoms with Gasteiger partial charge in [-0.05, 0) is 91.3 Å². The second-order valence-corrected chi connectivity index (χ2v) is 11.1. The normalized spacial score (nSPS) is 24.7. The third-order valence-electron chi connectivity index (χ3n) is 8.51. The maximum atomic E-state index is 14.7. The molecule has 2 nitrogen and oxygen atoms in total. The summed E-state index contributed by atoms with van der Waals surface area (Å²) in [5.41, 5.74) is 0.882. The van der Waals surface area contributed by atoms with Gasteiger partial charge in [-0.2, -0.15) is 17.6 Å². The Labute approximate surface area is 218 Å². The molecular weight excluding hydrogens is 480 g/mol. The molecule has 0 spiro atoms. The number of benzene rings is 2. The van der Waals surface area contributed by atoms with Crippen LogP contribution in [0.15, 0.2) is 48.5 Å². The highest BCUT2D eigenvalue weighted by molar-refractivity contribution is 5.33. The molecule has 2 fully saturated rings. The minimum Gasteiger partial charge on any atom is -0.435 e. The highest BCUT2D eigenvalue weighted by Crippen LogP contribution is 2.41. The average Bonchev–Trinajstić information content (AvgIpc) is 2.90. The van der Waals surface area contributed by atoms with Crippen molar-refractivity contribution in [3.63, 3.8) is 0 Å². The Morgan fingerprint density at radius 3 is 1.70 bits per heavy atom. The quantitative estimate of drug-likeness (QED) is 0.274. The van der Waals surface area contributed by atoms with Gasteiger partial charge in [0, 0.05) is 0 Å². The molecule has 0 aromatic heterocycles. The van der Waals surface area contributed by atoms with Gasteiger partial charge in [-0.3, -0.25) is 0 Å². The van der Waals surface area contributed by atoms with E-state index in [2.05, 4.69) is 11.7 Å². The highest BCUT2D eigenvalue weighted by Gasteiger charge is 2.35. The second kappa shape index (κ2) is 13.0. The van der Waals surface area contributed by atoms with Gasteiger partial charge < -0.3 is 9.47 Å². The van der Waals surface area contributed by atoms with Crippen LogP contribution in [-0.4, -0.2) is 6.61 Å². The van der Waals surface area contributed by atoms with Crippen LogP contribution in [0.5, 0.6) is 11.5 Å². The summed E-state index contributed by atoms with van der Waals surface area (Å²) in [6, 6.07) is 11.2. The van der Waals surface area contributed by atoms with E-state index in [1.54, 1.807) is 12.1 Å². The molecule has 0 aliphatic heterocycles. The zero-order valence-electron chi connectivity index (χ0n) is 21.8. The van der Waals surface area contributed by atoms with E-state index in [1.165, 1.54) is 101 Å². The maximum absolute atomic E-state index is 14.7. The lowest BCUT2D eigenvalue weighted by Crippen LogP contribution is -2.22. The SMILES string of the molecule is CCC[C@H]1CC[C@H](CC[C@H]2CC[C@H](c3ccc(C(F)(F)Oc4ccc(OC(F)F)cc4)cc3)CC2)CC1. The maximum Gasteiger partial charge on any atom is 0.426 e. The fourth-order valence-corrected chi connectivity index (χ4v) is 6.32. The fourth-order valence-electron chi connectivity index (χ4n) is 6.32. The van der Waals surface area contributed by atoms with Crippen LogP contribution in [-0.2, 0) is 6.11 Å². The molecule has 0 amide bonds. The van der Waals surface area contributed by atoms with E-state index in [1.807, 2.05) is 0 Å². The Bertz CT molecular complexity index is 929. The van der Waals surface area contributed by atoms with Gasteiger partial charge in [0.2, 0.25) is 0 Å². The van der Waals surface area contributed by atoms with Crippen LogP contribution < -0.4 is 9.47 Å². The Balaban J connectivity index is 1.22. The minimum atomic E-state index is -3.53. The smallest absolute Gasteiger partial charge is 0.426 e. The van der Waals surface area contributed by atoms with Crippen LogP contribution >= 0.6 is 0 Å². The second-order valence-electron chi connectivity index (χ2n) is 11.1. The van der Waals surface area contributed by atoms with Gasteiger partial charge >= 0.3 is 12.7 Å². The Morgan fingerprint density at radius 1 is 0.703 bits per heavy atom. The van der Waals surface area contributed by atoms with E-state index >= 15 is 0 Å². The Kier molecular flexibility index (Phi) is 9.77. The first-order chi connectivity index (χ1) is 17.8. The minimum absolute atomic E-state index is 0.112. The predicted octanol–water partition coefficient (Wildman–Crippen LogP) is 10.1. The third kappa shape index (κ3) is 8.12. The van der Waals surface area contributed by atoms with Crippen LogP contribution in [0.2, 0.25) is 0 Å². The Morgan fingerprint density at radius 2 is 1.19 bits per heavy atom. The first kappa shape index (κ1) is 27.8. The average molecular weight is 521 g/mol. The molecule has 204 valence electrons. The molecule has 0 atom stereocenters. The zero-order valence-corrected chi connectivity index (χ0v) is 21.8. The number of hydrogen-bond acceptors (Lipinski definition) is 2. The van der Waals surface area contributed by atoms with Gasteiger partial charge in [-0.25, -0.2) is 0 Å². The van der Waals surface area contributed by atoms with E-state index < -0.39 is 12.7 Å². The first-order valence-electron chi connectivity index (χ1n) is 14.0. The molecule has 37 heavy (non-hydrogen) atoms. The summed E-state index contributed by atoms with van der Waals surface area (Å²) in [7, 11) is 0. The van der Waals surface area contributed by atoms with Crippen molar-refractivity contribution in [1.82, 2.24) is 0 Å². The van der Waals surface area contributed by atoms with E-state index in [9.17, 15) is 17.6 Å². The van der Waals surface area contributed by atoms with Gasteiger partial charge in [0.15, 0.2) is 0 Å². The summed E-state index contributed by atoms with van der Waals surface area (Å²) in [5, 5.41) is 0. The monoisotopic (exact) mass is 520 g/mol. The predicted molar refractivity (Wildman–Crippen MR) is 138 cm³/mol. The van der Waals surface area contributed by atoms with Crippen molar-refractivity contribution >= 4 is 0 Å². The first-order valence-corrected chi connectivity index (χ1v) is 14.0.